The second-order valence-corrected chi connectivity index (χ2v) is 22.4. The molecule has 0 aliphatic heterocycles. The molecular formula is C66H126O6. The van der Waals surface area contributed by atoms with E-state index in [1.54, 1.807) is 0 Å². The van der Waals surface area contributed by atoms with Gasteiger partial charge in [-0.1, -0.05) is 322 Å². The summed E-state index contributed by atoms with van der Waals surface area (Å²) in [4.78, 5) is 38.1. The standard InChI is InChI=1S/C66H126O6/c1-4-7-10-13-16-19-22-24-25-26-27-28-29-30-31-32-33-34-35-36-37-38-39-40-41-42-45-47-50-53-56-59-65(68)71-62-63(61-70-64(67)58-55-52-49-46-43-21-18-15-12-9-6-3)72-66(69)60-57-54-51-48-44-23-20-17-14-11-8-5-2/h26-27,63H,4-25,28-62H2,1-3H3/b27-26-. The normalized spacial score (nSPS) is 12.0. The molecule has 0 aromatic rings. The fraction of sp³-hybridized carbons (Fsp3) is 0.924. The first-order chi connectivity index (χ1) is 35.5. The quantitative estimate of drug-likeness (QED) is 0.0261. The Kier molecular flexibility index (Phi) is 60.1. The number of hydrogen-bond acceptors (Lipinski definition) is 6. The summed E-state index contributed by atoms with van der Waals surface area (Å²) in [5.74, 6) is -0.837. The van der Waals surface area contributed by atoms with Gasteiger partial charge in [0.25, 0.3) is 0 Å². The van der Waals surface area contributed by atoms with Crippen LogP contribution in [0.4, 0.5) is 0 Å². The van der Waals surface area contributed by atoms with E-state index in [0.717, 1.165) is 57.8 Å². The van der Waals surface area contributed by atoms with E-state index >= 15 is 0 Å². The van der Waals surface area contributed by atoms with Crippen LogP contribution in [-0.4, -0.2) is 37.2 Å². The number of unbranched alkanes of at least 4 members (excludes halogenated alkanes) is 48. The lowest BCUT2D eigenvalue weighted by Gasteiger charge is -2.18. The molecule has 0 aliphatic carbocycles. The van der Waals surface area contributed by atoms with Crippen LogP contribution in [0, 0.1) is 0 Å². The van der Waals surface area contributed by atoms with Gasteiger partial charge >= 0.3 is 17.9 Å². The molecule has 0 radical (unpaired) electrons. The minimum absolute atomic E-state index is 0.0627. The maximum absolute atomic E-state index is 12.8. The van der Waals surface area contributed by atoms with E-state index in [9.17, 15) is 14.4 Å². The summed E-state index contributed by atoms with van der Waals surface area (Å²) in [6.45, 7) is 6.69. The van der Waals surface area contributed by atoms with Gasteiger partial charge in [0.05, 0.1) is 0 Å². The number of carbonyl (C=O) groups excluding carboxylic acids is 3. The van der Waals surface area contributed by atoms with Crippen LogP contribution in [0.5, 0.6) is 0 Å². The van der Waals surface area contributed by atoms with Crippen molar-refractivity contribution in [3.63, 3.8) is 0 Å². The number of carbonyl (C=O) groups is 3. The van der Waals surface area contributed by atoms with Crippen LogP contribution in [0.2, 0.25) is 0 Å². The molecule has 0 amide bonds. The van der Waals surface area contributed by atoms with Crippen LogP contribution in [0.3, 0.4) is 0 Å². The van der Waals surface area contributed by atoms with Crippen LogP contribution in [-0.2, 0) is 28.6 Å². The van der Waals surface area contributed by atoms with Crippen molar-refractivity contribution in [2.24, 2.45) is 0 Å². The van der Waals surface area contributed by atoms with Crippen molar-refractivity contribution in [1.29, 1.82) is 0 Å². The molecule has 0 saturated carbocycles. The van der Waals surface area contributed by atoms with Crippen molar-refractivity contribution in [2.75, 3.05) is 13.2 Å². The van der Waals surface area contributed by atoms with E-state index in [1.165, 1.54) is 276 Å². The lowest BCUT2D eigenvalue weighted by molar-refractivity contribution is -0.167. The van der Waals surface area contributed by atoms with Crippen LogP contribution >= 0.6 is 0 Å². The lowest BCUT2D eigenvalue weighted by Crippen LogP contribution is -2.30. The van der Waals surface area contributed by atoms with Gasteiger partial charge in [-0.3, -0.25) is 14.4 Å². The molecule has 72 heavy (non-hydrogen) atoms. The molecule has 0 heterocycles. The van der Waals surface area contributed by atoms with Crippen LogP contribution in [0.25, 0.3) is 0 Å². The van der Waals surface area contributed by atoms with E-state index in [4.69, 9.17) is 14.2 Å². The molecule has 0 N–H and O–H groups in total. The summed E-state index contributed by atoms with van der Waals surface area (Å²) >= 11 is 0. The fourth-order valence-electron chi connectivity index (χ4n) is 10.1. The monoisotopic (exact) mass is 1010 g/mol. The first kappa shape index (κ1) is 70.1. The Balaban J connectivity index is 4.01. The Morgan fingerprint density at radius 3 is 0.694 bits per heavy atom. The largest absolute Gasteiger partial charge is 0.462 e. The average Bonchev–Trinajstić information content (AvgIpc) is 3.38. The van der Waals surface area contributed by atoms with Crippen molar-refractivity contribution >= 4 is 17.9 Å². The Hall–Kier alpha value is -1.85. The number of ether oxygens (including phenoxy) is 3. The van der Waals surface area contributed by atoms with Crippen LogP contribution in [0.1, 0.15) is 374 Å². The Labute approximate surface area is 450 Å². The summed E-state index contributed by atoms with van der Waals surface area (Å²) in [5.41, 5.74) is 0. The highest BCUT2D eigenvalue weighted by Gasteiger charge is 2.19. The third kappa shape index (κ3) is 59.0. The maximum atomic E-state index is 12.8. The summed E-state index contributed by atoms with van der Waals surface area (Å²) in [6.07, 6.45) is 72.5. The maximum Gasteiger partial charge on any atom is 0.306 e. The van der Waals surface area contributed by atoms with Crippen LogP contribution < -0.4 is 0 Å². The molecule has 426 valence electrons. The predicted octanol–water partition coefficient (Wildman–Crippen LogP) is 22.1. The zero-order valence-electron chi connectivity index (χ0n) is 49.0. The predicted molar refractivity (Wildman–Crippen MR) is 312 cm³/mol. The first-order valence-corrected chi connectivity index (χ1v) is 32.7. The van der Waals surface area contributed by atoms with Gasteiger partial charge in [0.2, 0.25) is 0 Å². The van der Waals surface area contributed by atoms with E-state index in [1.807, 2.05) is 0 Å². The molecule has 0 aromatic carbocycles. The molecular weight excluding hydrogens is 889 g/mol. The zero-order chi connectivity index (χ0) is 52.2. The second-order valence-electron chi connectivity index (χ2n) is 22.4. The molecule has 6 nitrogen and oxygen atoms in total. The molecule has 1 unspecified atom stereocenters. The van der Waals surface area contributed by atoms with Crippen molar-refractivity contribution < 1.29 is 28.6 Å². The molecule has 0 spiro atoms. The van der Waals surface area contributed by atoms with Gasteiger partial charge in [0.15, 0.2) is 6.10 Å². The molecule has 0 fully saturated rings. The number of hydrogen-bond donors (Lipinski definition) is 0. The highest BCUT2D eigenvalue weighted by atomic mass is 16.6. The van der Waals surface area contributed by atoms with E-state index in [0.29, 0.717) is 19.3 Å². The van der Waals surface area contributed by atoms with Gasteiger partial charge in [-0.05, 0) is 44.9 Å². The van der Waals surface area contributed by atoms with Gasteiger partial charge in [0.1, 0.15) is 13.2 Å². The van der Waals surface area contributed by atoms with Crippen molar-refractivity contribution in [3.8, 4) is 0 Å². The molecule has 6 heteroatoms. The third-order valence-electron chi connectivity index (χ3n) is 15.0. The average molecular weight is 1020 g/mol. The van der Waals surface area contributed by atoms with E-state index < -0.39 is 6.10 Å². The van der Waals surface area contributed by atoms with E-state index in [2.05, 4.69) is 32.9 Å². The third-order valence-corrected chi connectivity index (χ3v) is 15.0. The minimum Gasteiger partial charge on any atom is -0.462 e. The van der Waals surface area contributed by atoms with Gasteiger partial charge in [-0.2, -0.15) is 0 Å². The van der Waals surface area contributed by atoms with Crippen molar-refractivity contribution in [1.82, 2.24) is 0 Å². The first-order valence-electron chi connectivity index (χ1n) is 32.7. The van der Waals surface area contributed by atoms with Crippen LogP contribution in [0.15, 0.2) is 12.2 Å². The summed E-state index contributed by atoms with van der Waals surface area (Å²) in [7, 11) is 0. The smallest absolute Gasteiger partial charge is 0.306 e. The fourth-order valence-corrected chi connectivity index (χ4v) is 10.1. The molecule has 0 saturated heterocycles. The summed E-state index contributed by atoms with van der Waals surface area (Å²) in [5, 5.41) is 0. The Morgan fingerprint density at radius 2 is 0.458 bits per heavy atom. The van der Waals surface area contributed by atoms with E-state index in [-0.39, 0.29) is 31.1 Å². The van der Waals surface area contributed by atoms with Gasteiger partial charge in [0, 0.05) is 19.3 Å². The van der Waals surface area contributed by atoms with Crippen molar-refractivity contribution in [2.45, 2.75) is 380 Å². The Morgan fingerprint density at radius 1 is 0.264 bits per heavy atom. The lowest BCUT2D eigenvalue weighted by atomic mass is 10.0. The van der Waals surface area contributed by atoms with Gasteiger partial charge < -0.3 is 14.2 Å². The second kappa shape index (κ2) is 61.7. The molecule has 1 atom stereocenters. The number of esters is 3. The summed E-state index contributed by atoms with van der Waals surface area (Å²) < 4.78 is 16.9. The Bertz CT molecular complexity index is 1120. The molecule has 0 aromatic heterocycles. The molecule has 0 rings (SSSR count). The zero-order valence-corrected chi connectivity index (χ0v) is 49.0. The molecule has 0 aliphatic rings. The van der Waals surface area contributed by atoms with Gasteiger partial charge in [-0.25, -0.2) is 0 Å². The topological polar surface area (TPSA) is 78.9 Å². The van der Waals surface area contributed by atoms with Gasteiger partial charge in [-0.15, -0.1) is 0 Å². The highest BCUT2D eigenvalue weighted by molar-refractivity contribution is 5.71. The number of allylic oxidation sites excluding steroid dienone is 2. The number of rotatable bonds is 61. The minimum atomic E-state index is -0.762. The highest BCUT2D eigenvalue weighted by Crippen LogP contribution is 2.18. The van der Waals surface area contributed by atoms with Crippen molar-refractivity contribution in [3.05, 3.63) is 12.2 Å². The SMILES string of the molecule is CCCCCCCCCC/C=C\CCCCCCCCCCCCCCCCCCCCCC(=O)OCC(COC(=O)CCCCCCCCCCCCC)OC(=O)CCCCCCCCCCCCCC. The molecule has 0 bridgehead atoms. The summed E-state index contributed by atoms with van der Waals surface area (Å²) in [6, 6.07) is 0.